The van der Waals surface area contributed by atoms with Crippen molar-refractivity contribution in [1.29, 1.82) is 0 Å². The molecule has 0 aromatic carbocycles. The molecule has 0 radical (unpaired) electrons. The van der Waals surface area contributed by atoms with Crippen LogP contribution in [0.4, 0.5) is 0 Å². The third-order valence-electron chi connectivity index (χ3n) is 4.23. The molecular formula is C17H36N2O. The van der Waals surface area contributed by atoms with Gasteiger partial charge in [0.05, 0.1) is 0 Å². The van der Waals surface area contributed by atoms with E-state index >= 15 is 0 Å². The van der Waals surface area contributed by atoms with Crippen molar-refractivity contribution < 1.29 is 5.11 Å². The van der Waals surface area contributed by atoms with Crippen molar-refractivity contribution in [3.63, 3.8) is 0 Å². The second-order valence-electron chi connectivity index (χ2n) is 7.58. The molecule has 3 nitrogen and oxygen atoms in total. The average molecular weight is 284 g/mol. The molecule has 3 heteroatoms. The number of piperazine rings is 1. The number of rotatable bonds is 9. The van der Waals surface area contributed by atoms with Gasteiger partial charge >= 0.3 is 0 Å². The number of hydrogen-bond acceptors (Lipinski definition) is 3. The Bertz CT molecular complexity index is 232. The van der Waals surface area contributed by atoms with E-state index in [1.165, 1.54) is 51.7 Å². The molecule has 0 unspecified atom stereocenters. The summed E-state index contributed by atoms with van der Waals surface area (Å²) >= 11 is 0. The third-order valence-corrected chi connectivity index (χ3v) is 4.23. The first kappa shape index (κ1) is 17.9. The predicted molar refractivity (Wildman–Crippen MR) is 87.0 cm³/mol. The van der Waals surface area contributed by atoms with E-state index in [0.717, 1.165) is 19.5 Å². The SMILES string of the molecule is CC(C)(C)C[C@@H](CCO)CCCCCN1CCNCC1. The zero-order valence-electron chi connectivity index (χ0n) is 14.0. The summed E-state index contributed by atoms with van der Waals surface area (Å²) in [5.41, 5.74) is 0.390. The van der Waals surface area contributed by atoms with Crippen LogP contribution < -0.4 is 5.32 Å². The van der Waals surface area contributed by atoms with Gasteiger partial charge in [0.15, 0.2) is 0 Å². The Balaban J connectivity index is 2.07. The number of unbranched alkanes of at least 4 members (excludes halogenated alkanes) is 2. The molecule has 0 aromatic rings. The molecule has 120 valence electrons. The highest BCUT2D eigenvalue weighted by atomic mass is 16.3. The summed E-state index contributed by atoms with van der Waals surface area (Å²) in [5, 5.41) is 12.6. The van der Waals surface area contributed by atoms with Crippen molar-refractivity contribution in [2.24, 2.45) is 11.3 Å². The van der Waals surface area contributed by atoms with Crippen molar-refractivity contribution in [3.8, 4) is 0 Å². The summed E-state index contributed by atoms with van der Waals surface area (Å²) in [4.78, 5) is 2.58. The lowest BCUT2D eigenvalue weighted by Gasteiger charge is -2.27. The van der Waals surface area contributed by atoms with E-state index in [1.54, 1.807) is 0 Å². The van der Waals surface area contributed by atoms with Gasteiger partial charge in [0.2, 0.25) is 0 Å². The minimum Gasteiger partial charge on any atom is -0.396 e. The van der Waals surface area contributed by atoms with Crippen LogP contribution in [0.3, 0.4) is 0 Å². The number of hydrogen-bond donors (Lipinski definition) is 2. The number of nitrogens with zero attached hydrogens (tertiary/aromatic N) is 1. The third kappa shape index (κ3) is 8.93. The average Bonchev–Trinajstić information content (AvgIpc) is 2.38. The van der Waals surface area contributed by atoms with Crippen molar-refractivity contribution in [2.45, 2.75) is 59.3 Å². The molecule has 0 bridgehead atoms. The van der Waals surface area contributed by atoms with E-state index in [1.807, 2.05) is 0 Å². The van der Waals surface area contributed by atoms with Gasteiger partial charge in [-0.1, -0.05) is 40.0 Å². The maximum Gasteiger partial charge on any atom is 0.0433 e. The molecular weight excluding hydrogens is 248 g/mol. The fourth-order valence-corrected chi connectivity index (χ4v) is 3.28. The summed E-state index contributed by atoms with van der Waals surface area (Å²) in [6, 6.07) is 0. The minimum absolute atomic E-state index is 0.349. The zero-order valence-corrected chi connectivity index (χ0v) is 14.0. The van der Waals surface area contributed by atoms with Gasteiger partial charge in [0.25, 0.3) is 0 Å². The van der Waals surface area contributed by atoms with Gasteiger partial charge in [-0.15, -0.1) is 0 Å². The number of nitrogens with one attached hydrogen (secondary N) is 1. The van der Waals surface area contributed by atoms with Crippen molar-refractivity contribution in [1.82, 2.24) is 10.2 Å². The molecule has 2 N–H and O–H groups in total. The Morgan fingerprint density at radius 1 is 1.05 bits per heavy atom. The molecule has 1 aliphatic rings. The standard InChI is InChI=1S/C17H36N2O/c1-17(2,3)15-16(8-14-20)7-5-4-6-11-19-12-9-18-10-13-19/h16,18,20H,4-15H2,1-3H3/t16-/m1/s1. The summed E-state index contributed by atoms with van der Waals surface area (Å²) in [7, 11) is 0. The smallest absolute Gasteiger partial charge is 0.0433 e. The predicted octanol–water partition coefficient (Wildman–Crippen LogP) is 2.89. The lowest BCUT2D eigenvalue weighted by molar-refractivity contribution is 0.204. The van der Waals surface area contributed by atoms with Crippen LogP contribution in [0.5, 0.6) is 0 Å². The lowest BCUT2D eigenvalue weighted by Crippen LogP contribution is -2.43. The van der Waals surface area contributed by atoms with Crippen LogP contribution >= 0.6 is 0 Å². The molecule has 0 saturated carbocycles. The monoisotopic (exact) mass is 284 g/mol. The van der Waals surface area contributed by atoms with Gasteiger partial charge in [0.1, 0.15) is 0 Å². The second-order valence-corrected chi connectivity index (χ2v) is 7.58. The van der Waals surface area contributed by atoms with Gasteiger partial charge in [-0.25, -0.2) is 0 Å². The summed E-state index contributed by atoms with van der Waals surface area (Å²) in [6.07, 6.45) is 7.52. The highest BCUT2D eigenvalue weighted by Gasteiger charge is 2.18. The van der Waals surface area contributed by atoms with E-state index in [4.69, 9.17) is 0 Å². The van der Waals surface area contributed by atoms with Crippen molar-refractivity contribution in [3.05, 3.63) is 0 Å². The van der Waals surface area contributed by atoms with Crippen LogP contribution in [-0.4, -0.2) is 49.3 Å². The summed E-state index contributed by atoms with van der Waals surface area (Å²) < 4.78 is 0. The van der Waals surface area contributed by atoms with E-state index < -0.39 is 0 Å². The number of aliphatic hydroxyl groups is 1. The quantitative estimate of drug-likeness (QED) is 0.639. The Hall–Kier alpha value is -0.120. The van der Waals surface area contributed by atoms with E-state index in [-0.39, 0.29) is 0 Å². The van der Waals surface area contributed by atoms with Gasteiger partial charge < -0.3 is 15.3 Å². The normalized spacial score (nSPS) is 19.2. The van der Waals surface area contributed by atoms with Crippen LogP contribution in [0.1, 0.15) is 59.3 Å². The fraction of sp³-hybridized carbons (Fsp3) is 1.00. The molecule has 1 heterocycles. The van der Waals surface area contributed by atoms with Gasteiger partial charge in [-0.2, -0.15) is 0 Å². The first-order valence-corrected chi connectivity index (χ1v) is 8.55. The molecule has 0 aliphatic carbocycles. The molecule has 0 aromatic heterocycles. The Labute approximate surface area is 126 Å². The maximum atomic E-state index is 9.19. The van der Waals surface area contributed by atoms with E-state index in [9.17, 15) is 5.11 Å². The minimum atomic E-state index is 0.349. The summed E-state index contributed by atoms with van der Waals surface area (Å²) in [6.45, 7) is 13.3. The van der Waals surface area contributed by atoms with E-state index in [2.05, 4.69) is 31.0 Å². The van der Waals surface area contributed by atoms with Gasteiger partial charge in [-0.05, 0) is 37.1 Å². The molecule has 1 aliphatic heterocycles. The highest BCUT2D eigenvalue weighted by Crippen LogP contribution is 2.29. The van der Waals surface area contributed by atoms with Gasteiger partial charge in [0, 0.05) is 32.8 Å². The lowest BCUT2D eigenvalue weighted by atomic mass is 9.81. The molecule has 1 fully saturated rings. The molecule has 20 heavy (non-hydrogen) atoms. The van der Waals surface area contributed by atoms with Crippen LogP contribution in [0.15, 0.2) is 0 Å². The van der Waals surface area contributed by atoms with Crippen molar-refractivity contribution >= 4 is 0 Å². The Morgan fingerprint density at radius 2 is 1.75 bits per heavy atom. The first-order valence-electron chi connectivity index (χ1n) is 8.55. The van der Waals surface area contributed by atoms with Gasteiger partial charge in [-0.3, -0.25) is 0 Å². The maximum absolute atomic E-state index is 9.19. The molecule has 0 spiro atoms. The number of aliphatic hydroxyl groups excluding tert-OH is 1. The largest absolute Gasteiger partial charge is 0.396 e. The first-order chi connectivity index (χ1) is 9.51. The zero-order chi connectivity index (χ0) is 14.8. The van der Waals surface area contributed by atoms with Crippen LogP contribution in [0.2, 0.25) is 0 Å². The molecule has 0 amide bonds. The Kier molecular flexibility index (Phi) is 8.74. The van der Waals surface area contributed by atoms with Crippen LogP contribution in [0, 0.1) is 11.3 Å². The van der Waals surface area contributed by atoms with Crippen molar-refractivity contribution in [2.75, 3.05) is 39.3 Å². The van der Waals surface area contributed by atoms with Crippen LogP contribution in [0.25, 0.3) is 0 Å². The van der Waals surface area contributed by atoms with E-state index in [0.29, 0.717) is 17.9 Å². The fourth-order valence-electron chi connectivity index (χ4n) is 3.28. The molecule has 1 saturated heterocycles. The molecule has 1 rings (SSSR count). The topological polar surface area (TPSA) is 35.5 Å². The molecule has 1 atom stereocenters. The summed E-state index contributed by atoms with van der Waals surface area (Å²) in [5.74, 6) is 0.708. The Morgan fingerprint density at radius 3 is 2.35 bits per heavy atom. The highest BCUT2D eigenvalue weighted by molar-refractivity contribution is 4.70. The van der Waals surface area contributed by atoms with Crippen LogP contribution in [-0.2, 0) is 0 Å². The second kappa shape index (κ2) is 9.75.